The van der Waals surface area contributed by atoms with Gasteiger partial charge in [-0.1, -0.05) is 17.7 Å². The van der Waals surface area contributed by atoms with Crippen molar-refractivity contribution in [3.05, 3.63) is 69.6 Å². The van der Waals surface area contributed by atoms with Crippen molar-refractivity contribution in [3.8, 4) is 0 Å². The number of aliphatic imine (C=N–C) groups is 1. The lowest BCUT2D eigenvalue weighted by Gasteiger charge is -2.11. The average Bonchev–Trinajstić information content (AvgIpc) is 2.88. The summed E-state index contributed by atoms with van der Waals surface area (Å²) in [4.78, 5) is 18.7. The lowest BCUT2D eigenvalue weighted by molar-refractivity contribution is -0.122. The van der Waals surface area contributed by atoms with Crippen LogP contribution in [-0.2, 0) is 4.79 Å². The number of rotatable bonds is 3. The first kappa shape index (κ1) is 17.6. The highest BCUT2D eigenvalue weighted by Gasteiger charge is 2.32. The number of carbonyl (C=O) groups is 1. The highest BCUT2D eigenvalue weighted by atomic mass is 35.5. The van der Waals surface area contributed by atoms with E-state index < -0.39 is 5.82 Å². The van der Waals surface area contributed by atoms with Crippen LogP contribution in [0.15, 0.2) is 52.4 Å². The number of likely N-dealkylation sites (N-methyl/N-ethyl adjacent to an activating group) is 1. The quantitative estimate of drug-likeness (QED) is 0.684. The molecule has 0 N–H and O–H groups in total. The maximum atomic E-state index is 14.0. The number of hydrogen-bond donors (Lipinski definition) is 0. The van der Waals surface area contributed by atoms with Gasteiger partial charge >= 0.3 is 0 Å². The molecule has 0 aromatic heterocycles. The molecule has 1 heterocycles. The van der Waals surface area contributed by atoms with Crippen molar-refractivity contribution in [1.82, 2.24) is 4.90 Å². The van der Waals surface area contributed by atoms with Gasteiger partial charge < -0.3 is 0 Å². The van der Waals surface area contributed by atoms with Crippen LogP contribution >= 0.6 is 23.4 Å². The van der Waals surface area contributed by atoms with Crippen LogP contribution in [0.25, 0.3) is 6.08 Å². The standard InChI is InChI=1S/C18H13ClF2N2OS/c1-2-23-17(24)16(10-13-14(19)4-3-5-15(13)21)25-18(23)22-12-8-6-11(20)7-9-12/h3-10H,2H2,1H3/b16-10+,22-18?. The van der Waals surface area contributed by atoms with E-state index in [1.807, 2.05) is 6.92 Å². The molecule has 0 radical (unpaired) electrons. The number of hydrogen-bond acceptors (Lipinski definition) is 3. The molecule has 1 aliphatic heterocycles. The highest BCUT2D eigenvalue weighted by Crippen LogP contribution is 2.35. The van der Waals surface area contributed by atoms with Crippen LogP contribution in [0.4, 0.5) is 14.5 Å². The van der Waals surface area contributed by atoms with Gasteiger partial charge in [0.15, 0.2) is 5.17 Å². The van der Waals surface area contributed by atoms with Crippen molar-refractivity contribution in [3.63, 3.8) is 0 Å². The minimum absolute atomic E-state index is 0.166. The summed E-state index contributed by atoms with van der Waals surface area (Å²) in [7, 11) is 0. The Morgan fingerprint density at radius 3 is 2.56 bits per heavy atom. The number of thioether (sulfide) groups is 1. The molecular formula is C18H13ClF2N2OS. The Labute approximate surface area is 153 Å². The Morgan fingerprint density at radius 2 is 1.92 bits per heavy atom. The molecule has 25 heavy (non-hydrogen) atoms. The number of carbonyl (C=O) groups excluding carboxylic acids is 1. The van der Waals surface area contributed by atoms with E-state index in [1.54, 1.807) is 6.07 Å². The lowest BCUT2D eigenvalue weighted by Crippen LogP contribution is -2.28. The van der Waals surface area contributed by atoms with Gasteiger partial charge in [0.05, 0.1) is 15.6 Å². The molecule has 0 aliphatic carbocycles. The number of amidine groups is 1. The van der Waals surface area contributed by atoms with Gasteiger partial charge in [0.1, 0.15) is 11.6 Å². The van der Waals surface area contributed by atoms with Crippen molar-refractivity contribution < 1.29 is 13.6 Å². The van der Waals surface area contributed by atoms with E-state index >= 15 is 0 Å². The summed E-state index contributed by atoms with van der Waals surface area (Å²) in [6.07, 6.45) is 1.43. The Kier molecular flexibility index (Phi) is 5.20. The summed E-state index contributed by atoms with van der Waals surface area (Å²) in [5.41, 5.74) is 0.694. The van der Waals surface area contributed by atoms with Crippen LogP contribution in [0.1, 0.15) is 12.5 Å². The Bertz CT molecular complexity index is 861. The summed E-state index contributed by atoms with van der Waals surface area (Å²) < 4.78 is 27.0. The first-order chi connectivity index (χ1) is 12.0. The fourth-order valence-electron chi connectivity index (χ4n) is 2.28. The lowest BCUT2D eigenvalue weighted by atomic mass is 10.2. The van der Waals surface area contributed by atoms with Crippen LogP contribution in [0.3, 0.4) is 0 Å². The molecule has 7 heteroatoms. The first-order valence-corrected chi connectivity index (χ1v) is 8.68. The third kappa shape index (κ3) is 3.75. The van der Waals surface area contributed by atoms with Crippen molar-refractivity contribution in [1.29, 1.82) is 0 Å². The molecule has 2 aromatic rings. The van der Waals surface area contributed by atoms with Crippen molar-refractivity contribution in [2.75, 3.05) is 6.54 Å². The SMILES string of the molecule is CCN1C(=O)/C(=C\c2c(F)cccc2Cl)SC1=Nc1ccc(F)cc1. The van der Waals surface area contributed by atoms with E-state index in [-0.39, 0.29) is 22.3 Å². The van der Waals surface area contributed by atoms with E-state index in [9.17, 15) is 13.6 Å². The van der Waals surface area contributed by atoms with Gasteiger partial charge in [-0.25, -0.2) is 13.8 Å². The second kappa shape index (κ2) is 7.37. The second-order valence-electron chi connectivity index (χ2n) is 5.17. The first-order valence-electron chi connectivity index (χ1n) is 7.49. The number of nitrogens with zero attached hydrogens (tertiary/aromatic N) is 2. The number of benzene rings is 2. The fourth-order valence-corrected chi connectivity index (χ4v) is 3.54. The number of amides is 1. The molecule has 0 saturated carbocycles. The topological polar surface area (TPSA) is 32.7 Å². The Morgan fingerprint density at radius 1 is 1.20 bits per heavy atom. The molecule has 128 valence electrons. The molecule has 3 nitrogen and oxygen atoms in total. The normalized spacial score (nSPS) is 17.8. The molecule has 1 fully saturated rings. The predicted octanol–water partition coefficient (Wildman–Crippen LogP) is 5.24. The van der Waals surface area contributed by atoms with Gasteiger partial charge in [0.25, 0.3) is 5.91 Å². The summed E-state index contributed by atoms with van der Waals surface area (Å²) in [6.45, 7) is 2.23. The largest absolute Gasteiger partial charge is 0.287 e. The van der Waals surface area contributed by atoms with E-state index in [1.165, 1.54) is 47.4 Å². The predicted molar refractivity (Wildman–Crippen MR) is 97.9 cm³/mol. The van der Waals surface area contributed by atoms with Gasteiger partial charge in [-0.15, -0.1) is 0 Å². The summed E-state index contributed by atoms with van der Waals surface area (Å²) in [5.74, 6) is -1.13. The van der Waals surface area contributed by atoms with Crippen molar-refractivity contribution >= 4 is 46.2 Å². The van der Waals surface area contributed by atoms with E-state index in [0.717, 1.165) is 11.8 Å². The molecular weight excluding hydrogens is 366 g/mol. The molecule has 2 aromatic carbocycles. The Hall–Kier alpha value is -2.18. The summed E-state index contributed by atoms with van der Waals surface area (Å²) in [5, 5.41) is 0.686. The zero-order valence-corrected chi connectivity index (χ0v) is 14.7. The van der Waals surface area contributed by atoms with E-state index in [2.05, 4.69) is 4.99 Å². The molecule has 0 bridgehead atoms. The molecule has 0 spiro atoms. The van der Waals surface area contributed by atoms with Crippen LogP contribution in [-0.4, -0.2) is 22.5 Å². The third-order valence-electron chi connectivity index (χ3n) is 3.53. The maximum absolute atomic E-state index is 14.0. The van der Waals surface area contributed by atoms with Gasteiger partial charge in [-0.3, -0.25) is 9.69 Å². The van der Waals surface area contributed by atoms with Gasteiger partial charge in [0.2, 0.25) is 0 Å². The number of halogens is 3. The molecule has 3 rings (SSSR count). The molecule has 0 atom stereocenters. The Balaban J connectivity index is 1.97. The van der Waals surface area contributed by atoms with Gasteiger partial charge in [-0.2, -0.15) is 0 Å². The second-order valence-corrected chi connectivity index (χ2v) is 6.58. The summed E-state index contributed by atoms with van der Waals surface area (Å²) in [6, 6.07) is 10.00. The minimum Gasteiger partial charge on any atom is -0.287 e. The fraction of sp³-hybridized carbons (Fsp3) is 0.111. The minimum atomic E-state index is -0.500. The maximum Gasteiger partial charge on any atom is 0.266 e. The van der Waals surface area contributed by atoms with E-state index in [4.69, 9.17) is 11.6 Å². The van der Waals surface area contributed by atoms with Crippen molar-refractivity contribution in [2.45, 2.75) is 6.92 Å². The van der Waals surface area contributed by atoms with Gasteiger partial charge in [-0.05, 0) is 61.2 Å². The smallest absolute Gasteiger partial charge is 0.266 e. The monoisotopic (exact) mass is 378 g/mol. The van der Waals surface area contributed by atoms with E-state index in [0.29, 0.717) is 22.3 Å². The zero-order chi connectivity index (χ0) is 18.0. The van der Waals surface area contributed by atoms with Crippen LogP contribution < -0.4 is 0 Å². The average molecular weight is 379 g/mol. The summed E-state index contributed by atoms with van der Waals surface area (Å²) >= 11 is 7.15. The zero-order valence-electron chi connectivity index (χ0n) is 13.2. The van der Waals surface area contributed by atoms with Crippen LogP contribution in [0, 0.1) is 11.6 Å². The van der Waals surface area contributed by atoms with Crippen LogP contribution in [0.2, 0.25) is 5.02 Å². The molecule has 1 amide bonds. The molecule has 1 aliphatic rings. The molecule has 0 unspecified atom stereocenters. The van der Waals surface area contributed by atoms with Crippen LogP contribution in [0.5, 0.6) is 0 Å². The highest BCUT2D eigenvalue weighted by molar-refractivity contribution is 8.18. The van der Waals surface area contributed by atoms with Gasteiger partial charge in [0, 0.05) is 12.1 Å². The molecule has 1 saturated heterocycles. The third-order valence-corrected chi connectivity index (χ3v) is 4.87. The van der Waals surface area contributed by atoms with Crippen molar-refractivity contribution in [2.24, 2.45) is 4.99 Å².